The van der Waals surface area contributed by atoms with Crippen molar-refractivity contribution in [2.45, 2.75) is 25.2 Å². The van der Waals surface area contributed by atoms with E-state index in [4.69, 9.17) is 4.74 Å². The van der Waals surface area contributed by atoms with Crippen LogP contribution >= 0.6 is 0 Å². The number of piperidine rings is 1. The van der Waals surface area contributed by atoms with Crippen molar-refractivity contribution in [1.29, 1.82) is 0 Å². The van der Waals surface area contributed by atoms with E-state index in [-0.39, 0.29) is 12.6 Å². The highest BCUT2D eigenvalue weighted by molar-refractivity contribution is 5.67. The van der Waals surface area contributed by atoms with Crippen LogP contribution in [0.4, 0.5) is 4.79 Å². The SMILES string of the molecule is O=C(N[C@H]1CCNC[C@@H]1O)OCc1ccccc1. The number of benzene rings is 1. The fourth-order valence-electron chi connectivity index (χ4n) is 1.93. The predicted octanol–water partition coefficient (Wildman–Crippen LogP) is 0.636. The Morgan fingerprint density at radius 1 is 1.44 bits per heavy atom. The molecule has 1 aliphatic rings. The molecule has 0 radical (unpaired) electrons. The minimum atomic E-state index is -0.553. The smallest absolute Gasteiger partial charge is 0.407 e. The summed E-state index contributed by atoms with van der Waals surface area (Å²) in [7, 11) is 0. The molecule has 1 heterocycles. The summed E-state index contributed by atoms with van der Waals surface area (Å²) in [4.78, 5) is 11.6. The Labute approximate surface area is 106 Å². The molecule has 2 atom stereocenters. The van der Waals surface area contributed by atoms with Crippen LogP contribution in [-0.4, -0.2) is 36.4 Å². The number of β-amino-alcohol motifs (C(OH)–C–C–N with tert-alkyl or cyclic N) is 1. The van der Waals surface area contributed by atoms with E-state index in [9.17, 15) is 9.90 Å². The lowest BCUT2D eigenvalue weighted by Gasteiger charge is -2.28. The zero-order valence-electron chi connectivity index (χ0n) is 10.1. The van der Waals surface area contributed by atoms with Gasteiger partial charge < -0.3 is 20.5 Å². The zero-order valence-corrected chi connectivity index (χ0v) is 10.1. The molecule has 0 aliphatic carbocycles. The lowest BCUT2D eigenvalue weighted by Crippen LogP contribution is -2.52. The van der Waals surface area contributed by atoms with Crippen LogP contribution in [0.15, 0.2) is 30.3 Å². The molecule has 0 saturated carbocycles. The van der Waals surface area contributed by atoms with Gasteiger partial charge in [0.25, 0.3) is 0 Å². The highest BCUT2D eigenvalue weighted by atomic mass is 16.5. The van der Waals surface area contributed by atoms with Crippen molar-refractivity contribution < 1.29 is 14.6 Å². The van der Waals surface area contributed by atoms with Crippen molar-refractivity contribution in [3.63, 3.8) is 0 Å². The molecule has 0 aromatic heterocycles. The van der Waals surface area contributed by atoms with Gasteiger partial charge in [-0.3, -0.25) is 0 Å². The molecular formula is C13H18N2O3. The molecule has 0 spiro atoms. The fourth-order valence-corrected chi connectivity index (χ4v) is 1.93. The Kier molecular flexibility index (Phi) is 4.55. The van der Waals surface area contributed by atoms with E-state index in [0.29, 0.717) is 13.0 Å². The van der Waals surface area contributed by atoms with Gasteiger partial charge in [0.1, 0.15) is 6.61 Å². The van der Waals surface area contributed by atoms with E-state index < -0.39 is 12.2 Å². The summed E-state index contributed by atoms with van der Waals surface area (Å²) in [6, 6.07) is 9.27. The molecule has 5 heteroatoms. The van der Waals surface area contributed by atoms with Crippen LogP contribution in [0.25, 0.3) is 0 Å². The number of carbonyl (C=O) groups is 1. The number of hydrogen-bond donors (Lipinski definition) is 3. The van der Waals surface area contributed by atoms with Crippen LogP contribution in [0.1, 0.15) is 12.0 Å². The maximum absolute atomic E-state index is 11.6. The van der Waals surface area contributed by atoms with E-state index in [1.165, 1.54) is 0 Å². The number of alkyl carbamates (subject to hydrolysis) is 1. The molecule has 0 bridgehead atoms. The van der Waals surface area contributed by atoms with Crippen LogP contribution in [-0.2, 0) is 11.3 Å². The van der Waals surface area contributed by atoms with Gasteiger partial charge in [0.05, 0.1) is 12.1 Å². The molecule has 18 heavy (non-hydrogen) atoms. The van der Waals surface area contributed by atoms with E-state index in [1.54, 1.807) is 0 Å². The predicted molar refractivity (Wildman–Crippen MR) is 67.0 cm³/mol. The van der Waals surface area contributed by atoms with Crippen molar-refractivity contribution in [3.05, 3.63) is 35.9 Å². The van der Waals surface area contributed by atoms with Gasteiger partial charge in [0.15, 0.2) is 0 Å². The lowest BCUT2D eigenvalue weighted by atomic mass is 10.0. The summed E-state index contributed by atoms with van der Waals surface area (Å²) < 4.78 is 5.10. The normalized spacial score (nSPS) is 23.4. The first-order valence-corrected chi connectivity index (χ1v) is 6.11. The molecule has 1 aromatic carbocycles. The second-order valence-corrected chi connectivity index (χ2v) is 4.37. The van der Waals surface area contributed by atoms with Crippen LogP contribution in [0.2, 0.25) is 0 Å². The van der Waals surface area contributed by atoms with Crippen molar-refractivity contribution >= 4 is 6.09 Å². The first kappa shape index (κ1) is 12.9. The number of carbonyl (C=O) groups excluding carboxylic acids is 1. The Morgan fingerprint density at radius 2 is 2.22 bits per heavy atom. The summed E-state index contributed by atoms with van der Waals surface area (Å²) in [5, 5.41) is 15.4. The van der Waals surface area contributed by atoms with E-state index >= 15 is 0 Å². The number of hydrogen-bond acceptors (Lipinski definition) is 4. The van der Waals surface area contributed by atoms with Crippen LogP contribution in [0, 0.1) is 0 Å². The quantitative estimate of drug-likeness (QED) is 0.736. The molecule has 1 aromatic rings. The molecule has 1 fully saturated rings. The average Bonchev–Trinajstić information content (AvgIpc) is 2.40. The Balaban J connectivity index is 1.75. The molecule has 1 saturated heterocycles. The fraction of sp³-hybridized carbons (Fsp3) is 0.462. The van der Waals surface area contributed by atoms with Crippen molar-refractivity contribution in [2.75, 3.05) is 13.1 Å². The molecule has 1 amide bonds. The van der Waals surface area contributed by atoms with E-state index in [0.717, 1.165) is 12.1 Å². The summed E-state index contributed by atoms with van der Waals surface area (Å²) >= 11 is 0. The molecule has 1 aliphatic heterocycles. The minimum absolute atomic E-state index is 0.227. The highest BCUT2D eigenvalue weighted by Gasteiger charge is 2.24. The first-order chi connectivity index (χ1) is 8.75. The average molecular weight is 250 g/mol. The molecular weight excluding hydrogens is 232 g/mol. The van der Waals surface area contributed by atoms with Gasteiger partial charge in [0, 0.05) is 6.54 Å². The zero-order chi connectivity index (χ0) is 12.8. The Morgan fingerprint density at radius 3 is 2.94 bits per heavy atom. The first-order valence-electron chi connectivity index (χ1n) is 6.11. The molecule has 98 valence electrons. The number of ether oxygens (including phenoxy) is 1. The van der Waals surface area contributed by atoms with Crippen LogP contribution in [0.3, 0.4) is 0 Å². The molecule has 0 unspecified atom stereocenters. The van der Waals surface area contributed by atoms with Gasteiger partial charge >= 0.3 is 6.09 Å². The second-order valence-electron chi connectivity index (χ2n) is 4.37. The number of nitrogens with one attached hydrogen (secondary N) is 2. The maximum atomic E-state index is 11.6. The standard InChI is InChI=1S/C13H18N2O3/c16-12-8-14-7-6-11(12)15-13(17)18-9-10-4-2-1-3-5-10/h1-5,11-12,14,16H,6-9H2,(H,15,17)/t11-,12-/m0/s1. The minimum Gasteiger partial charge on any atom is -0.445 e. The molecule has 2 rings (SSSR count). The summed E-state index contributed by atoms with van der Waals surface area (Å²) in [6.45, 7) is 1.54. The second kappa shape index (κ2) is 6.37. The Bertz CT molecular complexity index is 383. The molecule has 3 N–H and O–H groups in total. The summed E-state index contributed by atoms with van der Waals surface area (Å²) in [5.41, 5.74) is 0.943. The number of rotatable bonds is 3. The van der Waals surface area contributed by atoms with Gasteiger partial charge in [-0.1, -0.05) is 30.3 Å². The van der Waals surface area contributed by atoms with Gasteiger partial charge in [0.2, 0.25) is 0 Å². The summed E-state index contributed by atoms with van der Waals surface area (Å²) in [5.74, 6) is 0. The monoisotopic (exact) mass is 250 g/mol. The van der Waals surface area contributed by atoms with Gasteiger partial charge in [-0.2, -0.15) is 0 Å². The van der Waals surface area contributed by atoms with Crippen molar-refractivity contribution in [2.24, 2.45) is 0 Å². The lowest BCUT2D eigenvalue weighted by molar-refractivity contribution is 0.0864. The van der Waals surface area contributed by atoms with Gasteiger partial charge in [-0.15, -0.1) is 0 Å². The molecule has 5 nitrogen and oxygen atoms in total. The Hall–Kier alpha value is -1.59. The number of aliphatic hydroxyl groups excluding tert-OH is 1. The van der Waals surface area contributed by atoms with Crippen molar-refractivity contribution in [3.8, 4) is 0 Å². The third-order valence-corrected chi connectivity index (χ3v) is 2.97. The van der Waals surface area contributed by atoms with E-state index in [1.807, 2.05) is 30.3 Å². The third kappa shape index (κ3) is 3.72. The maximum Gasteiger partial charge on any atom is 0.407 e. The van der Waals surface area contributed by atoms with Gasteiger partial charge in [-0.05, 0) is 18.5 Å². The summed E-state index contributed by atoms with van der Waals surface area (Å²) in [6.07, 6.45) is -0.324. The highest BCUT2D eigenvalue weighted by Crippen LogP contribution is 2.05. The van der Waals surface area contributed by atoms with Crippen LogP contribution in [0.5, 0.6) is 0 Å². The van der Waals surface area contributed by atoms with E-state index in [2.05, 4.69) is 10.6 Å². The van der Waals surface area contributed by atoms with Gasteiger partial charge in [-0.25, -0.2) is 4.79 Å². The largest absolute Gasteiger partial charge is 0.445 e. The topological polar surface area (TPSA) is 70.6 Å². The van der Waals surface area contributed by atoms with Crippen LogP contribution < -0.4 is 10.6 Å². The van der Waals surface area contributed by atoms with Crippen molar-refractivity contribution in [1.82, 2.24) is 10.6 Å². The number of aliphatic hydroxyl groups is 1. The third-order valence-electron chi connectivity index (χ3n) is 2.97. The number of amides is 1.